The molecule has 84 valence electrons. The van der Waals surface area contributed by atoms with Crippen LogP contribution in [0.15, 0.2) is 18.7 Å². The second-order valence-corrected chi connectivity index (χ2v) is 3.73. The fourth-order valence-electron chi connectivity index (χ4n) is 1.37. The lowest BCUT2D eigenvalue weighted by molar-refractivity contribution is 0.324. The Morgan fingerprint density at radius 1 is 1.27 bits per heavy atom. The Bertz CT molecular complexity index is 250. The molecule has 0 aromatic carbocycles. The van der Waals surface area contributed by atoms with Crippen LogP contribution in [0.4, 0.5) is 0 Å². The van der Waals surface area contributed by atoms with Gasteiger partial charge in [-0.15, -0.1) is 0 Å². The number of likely N-dealkylation sites (N-methyl/N-ethyl adjacent to an activating group) is 1. The summed E-state index contributed by atoms with van der Waals surface area (Å²) in [5.74, 6) is 0. The van der Waals surface area contributed by atoms with E-state index in [1.54, 1.807) is 6.33 Å². The molecule has 0 unspecified atom stereocenters. The van der Waals surface area contributed by atoms with Gasteiger partial charge in [-0.25, -0.2) is 9.97 Å². The second-order valence-electron chi connectivity index (χ2n) is 3.73. The number of hydrogen-bond donors (Lipinski definition) is 1. The molecule has 0 atom stereocenters. The molecule has 0 bridgehead atoms. The summed E-state index contributed by atoms with van der Waals surface area (Å²) >= 11 is 0. The summed E-state index contributed by atoms with van der Waals surface area (Å²) < 4.78 is 0. The minimum Gasteiger partial charge on any atom is -0.315 e. The average Bonchev–Trinajstić information content (AvgIpc) is 2.26. The van der Waals surface area contributed by atoms with Crippen molar-refractivity contribution in [2.45, 2.75) is 19.9 Å². The molecule has 1 aromatic rings. The quantitative estimate of drug-likeness (QED) is 0.676. The Kier molecular flexibility index (Phi) is 5.88. The van der Waals surface area contributed by atoms with E-state index in [4.69, 9.17) is 0 Å². The summed E-state index contributed by atoms with van der Waals surface area (Å²) in [5, 5.41) is 3.38. The van der Waals surface area contributed by atoms with Gasteiger partial charge in [-0.1, -0.05) is 6.92 Å². The van der Waals surface area contributed by atoms with Gasteiger partial charge >= 0.3 is 0 Å². The molecule has 0 fully saturated rings. The van der Waals surface area contributed by atoms with Crippen LogP contribution < -0.4 is 5.32 Å². The van der Waals surface area contributed by atoms with Gasteiger partial charge in [0.1, 0.15) is 6.33 Å². The summed E-state index contributed by atoms with van der Waals surface area (Å²) in [6, 6.07) is 0. The van der Waals surface area contributed by atoms with Gasteiger partial charge in [0.2, 0.25) is 0 Å². The van der Waals surface area contributed by atoms with Gasteiger partial charge in [0.25, 0.3) is 0 Å². The van der Waals surface area contributed by atoms with E-state index in [1.165, 1.54) is 6.42 Å². The minimum absolute atomic E-state index is 0.911. The van der Waals surface area contributed by atoms with E-state index in [-0.39, 0.29) is 0 Å². The highest BCUT2D eigenvalue weighted by Gasteiger charge is 1.99. The van der Waals surface area contributed by atoms with Crippen molar-refractivity contribution < 1.29 is 0 Å². The molecule has 1 aromatic heterocycles. The first-order chi connectivity index (χ1) is 7.33. The zero-order chi connectivity index (χ0) is 10.9. The molecule has 0 aliphatic heterocycles. The molecule has 0 radical (unpaired) electrons. The van der Waals surface area contributed by atoms with Crippen molar-refractivity contribution in [3.63, 3.8) is 0 Å². The first-order valence-corrected chi connectivity index (χ1v) is 5.46. The van der Waals surface area contributed by atoms with Crippen molar-refractivity contribution >= 4 is 0 Å². The smallest absolute Gasteiger partial charge is 0.115 e. The molecule has 1 heterocycles. The summed E-state index contributed by atoms with van der Waals surface area (Å²) in [6.45, 7) is 6.28. The van der Waals surface area contributed by atoms with Gasteiger partial charge in [-0.05, 0) is 20.0 Å². The third-order valence-electron chi connectivity index (χ3n) is 2.16. The van der Waals surface area contributed by atoms with Crippen molar-refractivity contribution in [3.8, 4) is 0 Å². The van der Waals surface area contributed by atoms with Gasteiger partial charge in [0, 0.05) is 37.6 Å². The SMILES string of the molecule is CCCNCCN(C)Cc1cncnc1. The average molecular weight is 208 g/mol. The van der Waals surface area contributed by atoms with Crippen LogP contribution in [0, 0.1) is 0 Å². The standard InChI is InChI=1S/C11H20N4/c1-3-4-12-5-6-15(2)9-11-7-13-10-14-8-11/h7-8,10,12H,3-6,9H2,1-2H3. The molecule has 0 aliphatic carbocycles. The largest absolute Gasteiger partial charge is 0.315 e. The fourth-order valence-corrected chi connectivity index (χ4v) is 1.37. The fraction of sp³-hybridized carbons (Fsp3) is 0.636. The maximum absolute atomic E-state index is 3.99. The van der Waals surface area contributed by atoms with Gasteiger partial charge in [0.15, 0.2) is 0 Å². The van der Waals surface area contributed by atoms with Crippen molar-refractivity contribution in [1.29, 1.82) is 0 Å². The number of aromatic nitrogens is 2. The molecule has 15 heavy (non-hydrogen) atoms. The van der Waals surface area contributed by atoms with Gasteiger partial charge in [-0.3, -0.25) is 0 Å². The van der Waals surface area contributed by atoms with Crippen LogP contribution >= 0.6 is 0 Å². The highest BCUT2D eigenvalue weighted by atomic mass is 15.1. The van der Waals surface area contributed by atoms with Crippen molar-refractivity contribution in [2.24, 2.45) is 0 Å². The van der Waals surface area contributed by atoms with Gasteiger partial charge < -0.3 is 10.2 Å². The molecule has 0 amide bonds. The number of hydrogen-bond acceptors (Lipinski definition) is 4. The third-order valence-corrected chi connectivity index (χ3v) is 2.16. The van der Waals surface area contributed by atoms with Crippen LogP contribution in [0.3, 0.4) is 0 Å². The first-order valence-electron chi connectivity index (χ1n) is 5.46. The predicted molar refractivity (Wildman–Crippen MR) is 61.5 cm³/mol. The van der Waals surface area contributed by atoms with Gasteiger partial charge in [0.05, 0.1) is 0 Å². The van der Waals surface area contributed by atoms with Gasteiger partial charge in [-0.2, -0.15) is 0 Å². The molecule has 4 heteroatoms. The zero-order valence-corrected chi connectivity index (χ0v) is 9.61. The molecule has 0 saturated heterocycles. The van der Waals surface area contributed by atoms with Crippen LogP contribution in [0.5, 0.6) is 0 Å². The Balaban J connectivity index is 2.16. The van der Waals surface area contributed by atoms with Crippen LogP contribution in [0.2, 0.25) is 0 Å². The number of nitrogens with one attached hydrogen (secondary N) is 1. The monoisotopic (exact) mass is 208 g/mol. The summed E-state index contributed by atoms with van der Waals surface area (Å²) in [7, 11) is 2.11. The third kappa shape index (κ3) is 5.44. The van der Waals surface area contributed by atoms with E-state index >= 15 is 0 Å². The van der Waals surface area contributed by atoms with E-state index in [0.717, 1.165) is 31.7 Å². The second kappa shape index (κ2) is 7.31. The Hall–Kier alpha value is -1.00. The molecule has 1 N–H and O–H groups in total. The highest BCUT2D eigenvalue weighted by Crippen LogP contribution is 1.97. The minimum atomic E-state index is 0.911. The normalized spacial score (nSPS) is 10.9. The Morgan fingerprint density at radius 3 is 2.67 bits per heavy atom. The molecule has 0 aliphatic rings. The van der Waals surface area contributed by atoms with E-state index in [9.17, 15) is 0 Å². The van der Waals surface area contributed by atoms with E-state index in [0.29, 0.717) is 0 Å². The van der Waals surface area contributed by atoms with Crippen molar-refractivity contribution in [3.05, 3.63) is 24.3 Å². The topological polar surface area (TPSA) is 41.0 Å². The summed E-state index contributed by atoms with van der Waals surface area (Å²) in [5.41, 5.74) is 1.16. The van der Waals surface area contributed by atoms with Crippen molar-refractivity contribution in [1.82, 2.24) is 20.2 Å². The molecular weight excluding hydrogens is 188 g/mol. The van der Waals surface area contributed by atoms with E-state index < -0.39 is 0 Å². The molecule has 0 saturated carbocycles. The maximum Gasteiger partial charge on any atom is 0.115 e. The molecule has 4 nitrogen and oxygen atoms in total. The lowest BCUT2D eigenvalue weighted by atomic mass is 10.3. The summed E-state index contributed by atoms with van der Waals surface area (Å²) in [4.78, 5) is 10.3. The Morgan fingerprint density at radius 2 is 2.00 bits per heavy atom. The molecule has 0 spiro atoms. The maximum atomic E-state index is 3.99. The van der Waals surface area contributed by atoms with E-state index in [1.807, 2.05) is 12.4 Å². The highest BCUT2D eigenvalue weighted by molar-refractivity contribution is 5.01. The van der Waals surface area contributed by atoms with Crippen LogP contribution in [0.25, 0.3) is 0 Å². The molecule has 1 rings (SSSR count). The van der Waals surface area contributed by atoms with Crippen LogP contribution in [-0.4, -0.2) is 41.5 Å². The van der Waals surface area contributed by atoms with Crippen molar-refractivity contribution in [2.75, 3.05) is 26.7 Å². The number of rotatable bonds is 7. The molecular formula is C11H20N4. The summed E-state index contributed by atoms with van der Waals surface area (Å²) in [6.07, 6.45) is 6.48. The predicted octanol–water partition coefficient (Wildman–Crippen LogP) is 0.908. The van der Waals surface area contributed by atoms with E-state index in [2.05, 4.69) is 34.2 Å². The van der Waals surface area contributed by atoms with Crippen LogP contribution in [0.1, 0.15) is 18.9 Å². The zero-order valence-electron chi connectivity index (χ0n) is 9.61. The van der Waals surface area contributed by atoms with Crippen LogP contribution in [-0.2, 0) is 6.54 Å². The Labute approximate surface area is 91.7 Å². The lowest BCUT2D eigenvalue weighted by Gasteiger charge is -2.16. The number of nitrogens with zero attached hydrogens (tertiary/aromatic N) is 3. The lowest BCUT2D eigenvalue weighted by Crippen LogP contribution is -2.29. The first kappa shape index (κ1) is 12.1.